The van der Waals surface area contributed by atoms with Gasteiger partial charge in [-0.1, -0.05) is 25.7 Å². The van der Waals surface area contributed by atoms with Crippen molar-refractivity contribution in [3.05, 3.63) is 29.8 Å². The fourth-order valence-corrected chi connectivity index (χ4v) is 4.24. The predicted octanol–water partition coefficient (Wildman–Crippen LogP) is 2.68. The largest absolute Gasteiger partial charge is 0.465 e. The highest BCUT2D eigenvalue weighted by atomic mass is 16.5. The molecule has 150 valence electrons. The van der Waals surface area contributed by atoms with Crippen LogP contribution in [0.4, 0.5) is 5.69 Å². The molecule has 0 bridgehead atoms. The van der Waals surface area contributed by atoms with Gasteiger partial charge in [0.05, 0.1) is 24.8 Å². The Kier molecular flexibility index (Phi) is 6.11. The first-order chi connectivity index (χ1) is 13.4. The molecule has 28 heavy (non-hydrogen) atoms. The van der Waals surface area contributed by atoms with Crippen molar-refractivity contribution in [1.29, 1.82) is 0 Å². The van der Waals surface area contributed by atoms with Crippen molar-refractivity contribution in [1.82, 2.24) is 4.90 Å². The zero-order valence-corrected chi connectivity index (χ0v) is 16.3. The molecule has 3 rings (SSSR count). The molecule has 1 heterocycles. The number of anilines is 1. The zero-order valence-electron chi connectivity index (χ0n) is 16.3. The maximum absolute atomic E-state index is 13.1. The summed E-state index contributed by atoms with van der Waals surface area (Å²) >= 11 is 0. The van der Waals surface area contributed by atoms with Gasteiger partial charge in [-0.05, 0) is 37.1 Å². The molecule has 0 aromatic heterocycles. The Hall–Kier alpha value is -2.70. The first-order valence-corrected chi connectivity index (χ1v) is 9.78. The molecule has 2 fully saturated rings. The third kappa shape index (κ3) is 3.93. The zero-order chi connectivity index (χ0) is 20.3. The number of nitrogens with zero attached hydrogens (tertiary/aromatic N) is 2. The molecule has 0 spiro atoms. The standard InChI is InChI=1S/C21H26N2O5/c1-14(24)22(16-7-5-3-4-6-8-16)18-13-19(25)23(20(18)26)17-11-9-15(10-12-17)21(27)28-2/h9-12,16,18H,3-8,13H2,1-2H3. The molecule has 1 saturated heterocycles. The van der Waals surface area contributed by atoms with Gasteiger partial charge in [0, 0.05) is 13.0 Å². The van der Waals surface area contributed by atoms with Gasteiger partial charge < -0.3 is 9.64 Å². The minimum Gasteiger partial charge on any atom is -0.465 e. The summed E-state index contributed by atoms with van der Waals surface area (Å²) in [5.41, 5.74) is 0.736. The highest BCUT2D eigenvalue weighted by Crippen LogP contribution is 2.30. The number of esters is 1. The van der Waals surface area contributed by atoms with E-state index in [0.29, 0.717) is 11.3 Å². The summed E-state index contributed by atoms with van der Waals surface area (Å²) in [5.74, 6) is -1.36. The van der Waals surface area contributed by atoms with Crippen LogP contribution in [0.1, 0.15) is 62.2 Å². The Labute approximate surface area is 164 Å². The Morgan fingerprint density at radius 2 is 1.64 bits per heavy atom. The van der Waals surface area contributed by atoms with E-state index in [1.165, 1.54) is 26.2 Å². The molecule has 2 aliphatic rings. The highest BCUT2D eigenvalue weighted by Gasteiger charge is 2.45. The summed E-state index contributed by atoms with van der Waals surface area (Å²) in [4.78, 5) is 52.4. The van der Waals surface area contributed by atoms with Crippen LogP contribution in [0.2, 0.25) is 0 Å². The third-order valence-electron chi connectivity index (χ3n) is 5.59. The van der Waals surface area contributed by atoms with E-state index < -0.39 is 12.0 Å². The van der Waals surface area contributed by atoms with Crippen LogP contribution in [0.5, 0.6) is 0 Å². The second-order valence-electron chi connectivity index (χ2n) is 7.40. The number of methoxy groups -OCH3 is 1. The fraction of sp³-hybridized carbons (Fsp3) is 0.524. The molecular weight excluding hydrogens is 360 g/mol. The number of hydrogen-bond acceptors (Lipinski definition) is 5. The summed E-state index contributed by atoms with van der Waals surface area (Å²) in [6.45, 7) is 1.47. The van der Waals surface area contributed by atoms with Gasteiger partial charge in [-0.25, -0.2) is 9.69 Å². The van der Waals surface area contributed by atoms with Crippen molar-refractivity contribution in [3.63, 3.8) is 0 Å². The van der Waals surface area contributed by atoms with Gasteiger partial charge in [0.25, 0.3) is 5.91 Å². The van der Waals surface area contributed by atoms with Gasteiger partial charge >= 0.3 is 5.97 Å². The SMILES string of the molecule is COC(=O)c1ccc(N2C(=O)CC(N(C(C)=O)C3CCCCCC3)C2=O)cc1. The molecule has 3 amide bonds. The van der Waals surface area contributed by atoms with Crippen molar-refractivity contribution in [3.8, 4) is 0 Å². The van der Waals surface area contributed by atoms with Gasteiger partial charge in [-0.2, -0.15) is 0 Å². The molecule has 1 aliphatic heterocycles. The lowest BCUT2D eigenvalue weighted by Crippen LogP contribution is -2.49. The minimum atomic E-state index is -0.756. The van der Waals surface area contributed by atoms with Crippen LogP contribution in [0.25, 0.3) is 0 Å². The van der Waals surface area contributed by atoms with Crippen molar-refractivity contribution in [2.24, 2.45) is 0 Å². The summed E-state index contributed by atoms with van der Waals surface area (Å²) < 4.78 is 4.67. The number of benzene rings is 1. The molecule has 1 aromatic rings. The van der Waals surface area contributed by atoms with E-state index in [0.717, 1.165) is 43.4 Å². The van der Waals surface area contributed by atoms with E-state index in [9.17, 15) is 19.2 Å². The molecule has 7 nitrogen and oxygen atoms in total. The molecule has 7 heteroatoms. The number of imide groups is 1. The van der Waals surface area contributed by atoms with Crippen molar-refractivity contribution in [2.75, 3.05) is 12.0 Å². The van der Waals surface area contributed by atoms with Crippen LogP contribution in [0.15, 0.2) is 24.3 Å². The first kappa shape index (κ1) is 20.0. The normalized spacial score (nSPS) is 20.8. The van der Waals surface area contributed by atoms with Crippen LogP contribution in [-0.2, 0) is 19.1 Å². The quantitative estimate of drug-likeness (QED) is 0.451. The number of carbonyl (C=O) groups excluding carboxylic acids is 4. The van der Waals surface area contributed by atoms with E-state index in [-0.39, 0.29) is 30.2 Å². The van der Waals surface area contributed by atoms with E-state index >= 15 is 0 Å². The molecule has 0 N–H and O–H groups in total. The Balaban J connectivity index is 1.83. The van der Waals surface area contributed by atoms with Gasteiger partial charge in [-0.3, -0.25) is 14.4 Å². The van der Waals surface area contributed by atoms with Crippen molar-refractivity contribution < 1.29 is 23.9 Å². The minimum absolute atomic E-state index is 0.00315. The maximum atomic E-state index is 13.1. The second-order valence-corrected chi connectivity index (χ2v) is 7.40. The molecule has 1 atom stereocenters. The van der Waals surface area contributed by atoms with Crippen LogP contribution in [0, 0.1) is 0 Å². The van der Waals surface area contributed by atoms with Gasteiger partial charge in [0.15, 0.2) is 0 Å². The topological polar surface area (TPSA) is 84.0 Å². The van der Waals surface area contributed by atoms with Gasteiger partial charge in [0.1, 0.15) is 6.04 Å². The smallest absolute Gasteiger partial charge is 0.337 e. The van der Waals surface area contributed by atoms with E-state index in [2.05, 4.69) is 4.74 Å². The third-order valence-corrected chi connectivity index (χ3v) is 5.59. The lowest BCUT2D eigenvalue weighted by molar-refractivity contribution is -0.139. The molecule has 1 saturated carbocycles. The Morgan fingerprint density at radius 3 is 2.18 bits per heavy atom. The van der Waals surface area contributed by atoms with Gasteiger partial charge in [0.2, 0.25) is 11.8 Å². The number of carbonyl (C=O) groups is 4. The average molecular weight is 386 g/mol. The Morgan fingerprint density at radius 1 is 1.04 bits per heavy atom. The fourth-order valence-electron chi connectivity index (χ4n) is 4.24. The number of rotatable bonds is 4. The maximum Gasteiger partial charge on any atom is 0.337 e. The molecule has 1 unspecified atom stereocenters. The lowest BCUT2D eigenvalue weighted by Gasteiger charge is -2.34. The van der Waals surface area contributed by atoms with Crippen molar-refractivity contribution in [2.45, 2.75) is 64.0 Å². The van der Waals surface area contributed by atoms with Crippen LogP contribution < -0.4 is 4.90 Å². The number of hydrogen-bond donors (Lipinski definition) is 0. The summed E-state index contributed by atoms with van der Waals surface area (Å²) in [6, 6.07) is 5.38. The number of amides is 3. The molecule has 1 aromatic carbocycles. The lowest BCUT2D eigenvalue weighted by atomic mass is 10.0. The highest BCUT2D eigenvalue weighted by molar-refractivity contribution is 6.23. The molecular formula is C21H26N2O5. The summed E-state index contributed by atoms with van der Waals surface area (Å²) in [6.07, 6.45) is 6.06. The van der Waals surface area contributed by atoms with E-state index in [1.807, 2.05) is 0 Å². The second kappa shape index (κ2) is 8.54. The van der Waals surface area contributed by atoms with Crippen LogP contribution in [0.3, 0.4) is 0 Å². The van der Waals surface area contributed by atoms with Crippen LogP contribution >= 0.6 is 0 Å². The average Bonchev–Trinajstić information content (AvgIpc) is 2.85. The molecule has 0 radical (unpaired) electrons. The Bertz CT molecular complexity index is 766. The monoisotopic (exact) mass is 386 g/mol. The summed E-state index contributed by atoms with van der Waals surface area (Å²) in [7, 11) is 1.29. The summed E-state index contributed by atoms with van der Waals surface area (Å²) in [5, 5.41) is 0. The first-order valence-electron chi connectivity index (χ1n) is 9.78. The van der Waals surface area contributed by atoms with Crippen LogP contribution in [-0.4, -0.2) is 47.8 Å². The van der Waals surface area contributed by atoms with E-state index in [4.69, 9.17) is 0 Å². The number of ether oxygens (including phenoxy) is 1. The molecule has 1 aliphatic carbocycles. The van der Waals surface area contributed by atoms with Crippen molar-refractivity contribution >= 4 is 29.4 Å². The predicted molar refractivity (Wildman–Crippen MR) is 103 cm³/mol. The van der Waals surface area contributed by atoms with E-state index in [1.54, 1.807) is 17.0 Å². The van der Waals surface area contributed by atoms with Gasteiger partial charge in [-0.15, -0.1) is 0 Å².